The molecule has 0 unspecified atom stereocenters. The Balaban J connectivity index is 1.89. The van der Waals surface area contributed by atoms with Crippen LogP contribution in [0.2, 0.25) is 0 Å². The quantitative estimate of drug-likeness (QED) is 0.395. The molecule has 0 radical (unpaired) electrons. The number of ether oxygens (including phenoxy) is 2. The van der Waals surface area contributed by atoms with Gasteiger partial charge in [-0.1, -0.05) is 78.9 Å². The molecule has 160 valence electrons. The van der Waals surface area contributed by atoms with Gasteiger partial charge in [0, 0.05) is 11.1 Å². The van der Waals surface area contributed by atoms with Gasteiger partial charge in [0.2, 0.25) is 0 Å². The van der Waals surface area contributed by atoms with Crippen molar-refractivity contribution in [2.75, 3.05) is 0 Å². The number of hydrogen-bond donors (Lipinski definition) is 0. The third-order valence-corrected chi connectivity index (χ3v) is 5.39. The van der Waals surface area contributed by atoms with Gasteiger partial charge in [-0.15, -0.1) is 0 Å². The largest absolute Gasteiger partial charge is 0.523 e. The van der Waals surface area contributed by atoms with Crippen LogP contribution in [0.3, 0.4) is 0 Å². The van der Waals surface area contributed by atoms with Crippen LogP contribution in [0.1, 0.15) is 16.7 Å². The van der Waals surface area contributed by atoms with Crippen LogP contribution in [0, 0.1) is 0 Å². The highest BCUT2D eigenvalue weighted by Crippen LogP contribution is 2.49. The minimum Gasteiger partial charge on any atom is -0.421 e. The number of hydrogen-bond acceptors (Lipinski definition) is 5. The lowest BCUT2D eigenvalue weighted by molar-refractivity contribution is -0.278. The molecule has 0 atom stereocenters. The summed E-state index contributed by atoms with van der Waals surface area (Å²) in [6.07, 6.45) is 0. The van der Waals surface area contributed by atoms with Gasteiger partial charge in [-0.05, 0) is 12.1 Å². The fourth-order valence-electron chi connectivity index (χ4n) is 2.98. The van der Waals surface area contributed by atoms with E-state index in [1.807, 2.05) is 0 Å². The maximum absolute atomic E-state index is 13.2. The van der Waals surface area contributed by atoms with Crippen LogP contribution in [0.4, 0.5) is 13.2 Å². The molecule has 4 rings (SSSR count). The fraction of sp³-hybridized carbons (Fsp3) is 0.0909. The van der Waals surface area contributed by atoms with Crippen LogP contribution in [0.15, 0.2) is 91.0 Å². The molecule has 0 aromatic heterocycles. The monoisotopic (exact) mass is 448 g/mol. The van der Waals surface area contributed by atoms with Gasteiger partial charge in [0.15, 0.2) is 11.5 Å². The van der Waals surface area contributed by atoms with Crippen molar-refractivity contribution in [1.82, 2.24) is 0 Å². The van der Waals surface area contributed by atoms with Crippen molar-refractivity contribution in [1.29, 1.82) is 0 Å². The first-order chi connectivity index (χ1) is 14.7. The van der Waals surface area contributed by atoms with E-state index in [0.29, 0.717) is 11.1 Å². The molecule has 1 aliphatic heterocycles. The lowest BCUT2D eigenvalue weighted by atomic mass is 10.1. The normalized spacial score (nSPS) is 16.0. The van der Waals surface area contributed by atoms with Crippen molar-refractivity contribution in [3.05, 3.63) is 108 Å². The third-order valence-electron chi connectivity index (χ3n) is 4.38. The van der Waals surface area contributed by atoms with E-state index in [9.17, 15) is 21.6 Å². The van der Waals surface area contributed by atoms with Gasteiger partial charge in [0.25, 0.3) is 0 Å². The molecule has 9 heteroatoms. The predicted octanol–water partition coefficient (Wildman–Crippen LogP) is 5.24. The molecular formula is C22H15F3O5S. The van der Waals surface area contributed by atoms with Gasteiger partial charge < -0.3 is 9.47 Å². The van der Waals surface area contributed by atoms with Crippen molar-refractivity contribution in [3.8, 4) is 0 Å². The summed E-state index contributed by atoms with van der Waals surface area (Å²) >= 11 is 0. The SMILES string of the molecule is O=S(=O)(OC1(c2ccccc2)OC(c2ccccc2)=C(c2ccccc2)O1)C(F)(F)F. The zero-order valence-electron chi connectivity index (χ0n) is 15.7. The molecule has 0 spiro atoms. The van der Waals surface area contributed by atoms with Gasteiger partial charge in [-0.3, -0.25) is 0 Å². The Kier molecular flexibility index (Phi) is 5.24. The van der Waals surface area contributed by atoms with E-state index in [1.54, 1.807) is 66.7 Å². The Bertz CT molecular complexity index is 1140. The zero-order valence-corrected chi connectivity index (χ0v) is 16.6. The van der Waals surface area contributed by atoms with E-state index in [4.69, 9.17) is 9.47 Å². The first-order valence-electron chi connectivity index (χ1n) is 9.02. The average molecular weight is 448 g/mol. The highest BCUT2D eigenvalue weighted by Gasteiger charge is 2.58. The highest BCUT2D eigenvalue weighted by molar-refractivity contribution is 7.87. The van der Waals surface area contributed by atoms with Gasteiger partial charge in [0.05, 0.1) is 5.56 Å². The minimum atomic E-state index is -6.08. The van der Waals surface area contributed by atoms with E-state index in [-0.39, 0.29) is 17.1 Å². The molecule has 3 aromatic rings. The number of alkyl halides is 3. The summed E-state index contributed by atoms with van der Waals surface area (Å²) in [6, 6.07) is 24.2. The molecule has 1 aliphatic rings. The topological polar surface area (TPSA) is 61.8 Å². The molecule has 31 heavy (non-hydrogen) atoms. The second-order valence-corrected chi connectivity index (χ2v) is 8.04. The summed E-state index contributed by atoms with van der Waals surface area (Å²) in [4.78, 5) is 0. The number of benzene rings is 3. The maximum atomic E-state index is 13.2. The van der Waals surface area contributed by atoms with Crippen LogP contribution < -0.4 is 0 Å². The lowest BCUT2D eigenvalue weighted by Gasteiger charge is -2.28. The molecule has 5 nitrogen and oxygen atoms in total. The molecule has 0 saturated carbocycles. The summed E-state index contributed by atoms with van der Waals surface area (Å²) in [5.74, 6) is -2.63. The smallest absolute Gasteiger partial charge is 0.421 e. The highest BCUT2D eigenvalue weighted by atomic mass is 32.2. The van der Waals surface area contributed by atoms with Crippen molar-refractivity contribution in [2.24, 2.45) is 0 Å². The van der Waals surface area contributed by atoms with E-state index in [2.05, 4.69) is 4.18 Å². The number of rotatable bonds is 5. The fourth-order valence-corrected chi connectivity index (χ4v) is 3.52. The first kappa shape index (κ1) is 21.0. The van der Waals surface area contributed by atoms with Crippen LogP contribution in [0.25, 0.3) is 11.5 Å². The van der Waals surface area contributed by atoms with Crippen molar-refractivity contribution in [2.45, 2.75) is 11.5 Å². The second kappa shape index (κ2) is 7.75. The molecular weight excluding hydrogens is 433 g/mol. The van der Waals surface area contributed by atoms with E-state index in [0.717, 1.165) is 0 Å². The molecule has 0 bridgehead atoms. The molecule has 1 heterocycles. The van der Waals surface area contributed by atoms with Crippen LogP contribution in [-0.4, -0.2) is 13.9 Å². The Morgan fingerprint density at radius 3 is 1.45 bits per heavy atom. The van der Waals surface area contributed by atoms with E-state index < -0.39 is 21.6 Å². The predicted molar refractivity (Wildman–Crippen MR) is 106 cm³/mol. The molecule has 0 saturated heterocycles. The number of halogens is 3. The molecule has 0 N–H and O–H groups in total. The summed E-state index contributed by atoms with van der Waals surface area (Å²) in [7, 11) is -6.08. The summed E-state index contributed by atoms with van der Waals surface area (Å²) in [6.45, 7) is 0. The van der Waals surface area contributed by atoms with Gasteiger partial charge in [-0.2, -0.15) is 25.8 Å². The lowest BCUT2D eigenvalue weighted by Crippen LogP contribution is -2.39. The zero-order chi connectivity index (χ0) is 22.1. The van der Waals surface area contributed by atoms with Crippen molar-refractivity contribution >= 4 is 21.6 Å². The Morgan fingerprint density at radius 2 is 1.06 bits per heavy atom. The van der Waals surface area contributed by atoms with Crippen LogP contribution in [-0.2, 0) is 29.7 Å². The Morgan fingerprint density at radius 1 is 0.677 bits per heavy atom. The molecule has 3 aromatic carbocycles. The summed E-state index contributed by atoms with van der Waals surface area (Å²) in [5, 5.41) is 0. The van der Waals surface area contributed by atoms with Crippen LogP contribution in [0.5, 0.6) is 0 Å². The Hall–Kier alpha value is -3.30. The van der Waals surface area contributed by atoms with Gasteiger partial charge >= 0.3 is 21.6 Å². The maximum Gasteiger partial charge on any atom is 0.523 e. The second-order valence-electron chi connectivity index (χ2n) is 6.50. The average Bonchev–Trinajstić information content (AvgIpc) is 3.15. The Labute approximate surface area is 176 Å². The summed E-state index contributed by atoms with van der Waals surface area (Å²) in [5.41, 5.74) is -4.81. The van der Waals surface area contributed by atoms with Crippen molar-refractivity contribution in [3.63, 3.8) is 0 Å². The van der Waals surface area contributed by atoms with Gasteiger partial charge in [0.1, 0.15) is 0 Å². The molecule has 0 amide bonds. The summed E-state index contributed by atoms with van der Waals surface area (Å²) < 4.78 is 79.6. The molecule has 0 aliphatic carbocycles. The standard InChI is InChI=1S/C22H15F3O5S/c23-22(24,25)31(26,27)30-21(18-14-8-3-9-15-18)28-19(16-10-4-1-5-11-16)20(29-21)17-12-6-2-7-13-17/h1-15H. The minimum absolute atomic E-state index is 0.0352. The van der Waals surface area contributed by atoms with Crippen molar-refractivity contribution < 1.29 is 35.2 Å². The van der Waals surface area contributed by atoms with E-state index in [1.165, 1.54) is 24.3 Å². The van der Waals surface area contributed by atoms with E-state index >= 15 is 0 Å². The third kappa shape index (κ3) is 4.01. The van der Waals surface area contributed by atoms with Crippen LogP contribution >= 0.6 is 0 Å². The van der Waals surface area contributed by atoms with Gasteiger partial charge in [-0.25, -0.2) is 0 Å². The first-order valence-corrected chi connectivity index (χ1v) is 10.4. The molecule has 0 fully saturated rings.